The van der Waals surface area contributed by atoms with Crippen LogP contribution in [0.3, 0.4) is 0 Å². The largest absolute Gasteiger partial charge is 0.506 e. The molecule has 0 saturated heterocycles. The smallest absolute Gasteiger partial charge is 0.340 e. The maximum atomic E-state index is 10.8. The van der Waals surface area contributed by atoms with Crippen LogP contribution >= 0.6 is 0 Å². The van der Waals surface area contributed by atoms with Crippen molar-refractivity contribution in [2.24, 2.45) is 0 Å². The standard InChI is InChI=1S/C9H8O8/c10-1-2-5(11)3(8(14)15)4(9(16)17)7(13)6(2)12/h10-13H,1H2,(H,14,15)(H,16,17). The minimum absolute atomic E-state index is 0.662. The summed E-state index contributed by atoms with van der Waals surface area (Å²) in [7, 11) is 0. The number of aliphatic hydroxyl groups excluding tert-OH is 1. The van der Waals surface area contributed by atoms with E-state index in [1.165, 1.54) is 0 Å². The first-order valence-corrected chi connectivity index (χ1v) is 4.20. The van der Waals surface area contributed by atoms with Gasteiger partial charge in [0.1, 0.15) is 16.9 Å². The van der Waals surface area contributed by atoms with Crippen LogP contribution in [-0.2, 0) is 6.61 Å². The van der Waals surface area contributed by atoms with Gasteiger partial charge in [0.15, 0.2) is 11.5 Å². The number of carboxylic acid groups (broad SMARTS) is 2. The molecule has 1 aromatic carbocycles. The molecule has 0 heterocycles. The van der Waals surface area contributed by atoms with Crippen molar-refractivity contribution in [3.8, 4) is 17.2 Å². The van der Waals surface area contributed by atoms with E-state index in [0.29, 0.717) is 0 Å². The highest BCUT2D eigenvalue weighted by atomic mass is 16.4. The van der Waals surface area contributed by atoms with Gasteiger partial charge in [-0.2, -0.15) is 0 Å². The molecule has 0 aliphatic rings. The Morgan fingerprint density at radius 3 is 1.59 bits per heavy atom. The van der Waals surface area contributed by atoms with Gasteiger partial charge in [-0.25, -0.2) is 9.59 Å². The lowest BCUT2D eigenvalue weighted by Crippen LogP contribution is -2.10. The Bertz CT molecular complexity index is 504. The summed E-state index contributed by atoms with van der Waals surface area (Å²) in [6, 6.07) is 0. The van der Waals surface area contributed by atoms with Crippen LogP contribution in [0.25, 0.3) is 0 Å². The van der Waals surface area contributed by atoms with E-state index in [1.54, 1.807) is 0 Å². The number of carboxylic acids is 2. The Morgan fingerprint density at radius 1 is 0.824 bits per heavy atom. The van der Waals surface area contributed by atoms with Gasteiger partial charge in [0, 0.05) is 0 Å². The third-order valence-corrected chi connectivity index (χ3v) is 2.11. The molecule has 0 saturated carbocycles. The topological polar surface area (TPSA) is 156 Å². The fourth-order valence-electron chi connectivity index (χ4n) is 1.33. The Morgan fingerprint density at radius 2 is 1.24 bits per heavy atom. The molecule has 0 radical (unpaired) electrons. The van der Waals surface area contributed by atoms with Crippen molar-refractivity contribution < 1.29 is 40.2 Å². The Balaban J connectivity index is 3.84. The fraction of sp³-hybridized carbons (Fsp3) is 0.111. The zero-order chi connectivity index (χ0) is 13.3. The number of hydrogen-bond donors (Lipinski definition) is 6. The van der Waals surface area contributed by atoms with Crippen molar-refractivity contribution in [1.29, 1.82) is 0 Å². The molecule has 8 nitrogen and oxygen atoms in total. The van der Waals surface area contributed by atoms with Crippen LogP contribution in [0, 0.1) is 0 Å². The van der Waals surface area contributed by atoms with Gasteiger partial charge < -0.3 is 30.6 Å². The number of aromatic hydroxyl groups is 3. The molecule has 0 unspecified atom stereocenters. The summed E-state index contributed by atoms with van der Waals surface area (Å²) in [4.78, 5) is 21.5. The van der Waals surface area contributed by atoms with E-state index in [0.717, 1.165) is 0 Å². The van der Waals surface area contributed by atoms with Crippen LogP contribution in [0.15, 0.2) is 0 Å². The van der Waals surface area contributed by atoms with Crippen LogP contribution in [0.1, 0.15) is 26.3 Å². The molecule has 0 amide bonds. The predicted octanol–water partition coefficient (Wildman–Crippen LogP) is -0.308. The lowest BCUT2D eigenvalue weighted by molar-refractivity contribution is 0.0644. The highest BCUT2D eigenvalue weighted by molar-refractivity contribution is 6.06. The normalized spacial score (nSPS) is 10.2. The summed E-state index contributed by atoms with van der Waals surface area (Å²) in [6.07, 6.45) is 0. The number of aliphatic hydroxyl groups is 1. The highest BCUT2D eigenvalue weighted by Gasteiger charge is 2.30. The van der Waals surface area contributed by atoms with Gasteiger partial charge in [0.25, 0.3) is 0 Å². The molecular weight excluding hydrogens is 236 g/mol. The van der Waals surface area contributed by atoms with E-state index in [1.807, 2.05) is 0 Å². The van der Waals surface area contributed by atoms with E-state index in [-0.39, 0.29) is 0 Å². The van der Waals surface area contributed by atoms with Gasteiger partial charge in [-0.15, -0.1) is 0 Å². The average Bonchev–Trinajstić information content (AvgIpc) is 2.22. The molecule has 92 valence electrons. The van der Waals surface area contributed by atoms with E-state index >= 15 is 0 Å². The molecule has 1 rings (SSSR count). The van der Waals surface area contributed by atoms with E-state index in [2.05, 4.69) is 0 Å². The molecule has 8 heteroatoms. The minimum Gasteiger partial charge on any atom is -0.506 e. The Kier molecular flexibility index (Phi) is 3.09. The Labute approximate surface area is 93.6 Å². The summed E-state index contributed by atoms with van der Waals surface area (Å²) in [6.45, 7) is -0.967. The van der Waals surface area contributed by atoms with Crippen LogP contribution in [-0.4, -0.2) is 42.6 Å². The van der Waals surface area contributed by atoms with Crippen molar-refractivity contribution in [3.63, 3.8) is 0 Å². The second-order valence-electron chi connectivity index (χ2n) is 3.04. The molecule has 1 aromatic rings. The number of carbonyl (C=O) groups is 2. The number of aromatic carboxylic acids is 2. The number of hydrogen-bond acceptors (Lipinski definition) is 6. The SMILES string of the molecule is O=C(O)c1c(O)c(O)c(CO)c(O)c1C(=O)O. The second-order valence-corrected chi connectivity index (χ2v) is 3.04. The van der Waals surface area contributed by atoms with Gasteiger partial charge in [-0.1, -0.05) is 0 Å². The molecule has 0 fully saturated rings. The molecule has 0 atom stereocenters. The van der Waals surface area contributed by atoms with Gasteiger partial charge in [-0.3, -0.25) is 0 Å². The lowest BCUT2D eigenvalue weighted by Gasteiger charge is -2.12. The van der Waals surface area contributed by atoms with Gasteiger partial charge in [0.2, 0.25) is 0 Å². The molecule has 0 spiro atoms. The summed E-state index contributed by atoms with van der Waals surface area (Å²) < 4.78 is 0. The monoisotopic (exact) mass is 244 g/mol. The van der Waals surface area contributed by atoms with Crippen molar-refractivity contribution in [2.75, 3.05) is 0 Å². The van der Waals surface area contributed by atoms with Crippen LogP contribution in [0.5, 0.6) is 17.2 Å². The quantitative estimate of drug-likeness (QED) is 0.312. The summed E-state index contributed by atoms with van der Waals surface area (Å²) in [5, 5.41) is 54.2. The fourth-order valence-corrected chi connectivity index (χ4v) is 1.33. The number of phenols is 3. The highest BCUT2D eigenvalue weighted by Crippen LogP contribution is 2.42. The molecule has 0 aliphatic carbocycles. The molecule has 6 N–H and O–H groups in total. The lowest BCUT2D eigenvalue weighted by atomic mass is 9.99. The van der Waals surface area contributed by atoms with Crippen LogP contribution < -0.4 is 0 Å². The minimum atomic E-state index is -1.84. The summed E-state index contributed by atoms with van der Waals surface area (Å²) in [5.41, 5.74) is -2.91. The maximum Gasteiger partial charge on any atom is 0.340 e. The second kappa shape index (κ2) is 4.18. The first-order chi connectivity index (χ1) is 7.82. The average molecular weight is 244 g/mol. The number of benzene rings is 1. The molecule has 0 aromatic heterocycles. The molecular formula is C9H8O8. The van der Waals surface area contributed by atoms with Gasteiger partial charge in [-0.05, 0) is 0 Å². The van der Waals surface area contributed by atoms with Gasteiger partial charge >= 0.3 is 11.9 Å². The van der Waals surface area contributed by atoms with Crippen LogP contribution in [0.2, 0.25) is 0 Å². The van der Waals surface area contributed by atoms with E-state index < -0.39 is 52.5 Å². The van der Waals surface area contributed by atoms with Crippen molar-refractivity contribution in [3.05, 3.63) is 16.7 Å². The predicted molar refractivity (Wildman–Crippen MR) is 51.3 cm³/mol. The van der Waals surface area contributed by atoms with Crippen molar-refractivity contribution in [1.82, 2.24) is 0 Å². The zero-order valence-corrected chi connectivity index (χ0v) is 8.21. The third kappa shape index (κ3) is 1.81. The maximum absolute atomic E-state index is 10.8. The first-order valence-electron chi connectivity index (χ1n) is 4.20. The van der Waals surface area contributed by atoms with E-state index in [9.17, 15) is 24.9 Å². The van der Waals surface area contributed by atoms with Gasteiger partial charge in [0.05, 0.1) is 12.2 Å². The molecule has 0 aliphatic heterocycles. The Hall–Kier alpha value is -2.48. The third-order valence-electron chi connectivity index (χ3n) is 2.11. The van der Waals surface area contributed by atoms with Crippen molar-refractivity contribution in [2.45, 2.75) is 6.61 Å². The molecule has 17 heavy (non-hydrogen) atoms. The van der Waals surface area contributed by atoms with Crippen LogP contribution in [0.4, 0.5) is 0 Å². The summed E-state index contributed by atoms with van der Waals surface area (Å²) in [5.74, 6) is -7.06. The van der Waals surface area contributed by atoms with Crippen molar-refractivity contribution >= 4 is 11.9 Å². The number of rotatable bonds is 3. The summed E-state index contributed by atoms with van der Waals surface area (Å²) >= 11 is 0. The first kappa shape index (κ1) is 12.6. The molecule has 0 bridgehead atoms. The van der Waals surface area contributed by atoms with E-state index in [4.69, 9.17) is 15.3 Å². The zero-order valence-electron chi connectivity index (χ0n) is 8.21.